The smallest absolute Gasteiger partial charge is 0.347 e. The first-order valence-electron chi connectivity index (χ1n) is 7.48. The Morgan fingerprint density at radius 1 is 1.00 bits per heavy atom. The molecule has 1 aromatic heterocycles. The van der Waals surface area contributed by atoms with Gasteiger partial charge in [-0.3, -0.25) is 4.79 Å². The highest BCUT2D eigenvalue weighted by Gasteiger charge is 2.16. The first kappa shape index (κ1) is 16.4. The molecule has 3 rings (SSSR count). The van der Waals surface area contributed by atoms with Crippen molar-refractivity contribution in [2.24, 2.45) is 0 Å². The lowest BCUT2D eigenvalue weighted by atomic mass is 10.1. The molecule has 0 fully saturated rings. The Morgan fingerprint density at radius 3 is 2.52 bits per heavy atom. The fourth-order valence-electron chi connectivity index (χ4n) is 2.41. The Hall–Kier alpha value is -3.41. The third-order valence-corrected chi connectivity index (χ3v) is 3.49. The molecule has 6 heteroatoms. The van der Waals surface area contributed by atoms with E-state index in [1.165, 1.54) is 31.2 Å². The molecule has 0 bridgehead atoms. The zero-order chi connectivity index (χ0) is 18.0. The quantitative estimate of drug-likeness (QED) is 0.414. The minimum Gasteiger partial charge on any atom is -0.426 e. The molecular formula is C19H14O6. The molecule has 0 saturated heterocycles. The van der Waals surface area contributed by atoms with Crippen molar-refractivity contribution in [3.63, 3.8) is 0 Å². The van der Waals surface area contributed by atoms with Crippen molar-refractivity contribution >= 4 is 22.9 Å². The van der Waals surface area contributed by atoms with Crippen LogP contribution in [0.4, 0.5) is 0 Å². The molecule has 2 aromatic carbocycles. The van der Waals surface area contributed by atoms with Crippen LogP contribution in [-0.4, -0.2) is 11.9 Å². The van der Waals surface area contributed by atoms with Crippen LogP contribution in [0.5, 0.6) is 11.5 Å². The second-order valence-electron chi connectivity index (χ2n) is 5.39. The van der Waals surface area contributed by atoms with E-state index in [1.807, 2.05) is 0 Å². The van der Waals surface area contributed by atoms with Gasteiger partial charge >= 0.3 is 17.6 Å². The number of hydrogen-bond acceptors (Lipinski definition) is 6. The second-order valence-corrected chi connectivity index (χ2v) is 5.39. The van der Waals surface area contributed by atoms with E-state index < -0.39 is 17.6 Å². The molecule has 0 saturated carbocycles. The van der Waals surface area contributed by atoms with Gasteiger partial charge in [-0.05, 0) is 36.8 Å². The van der Waals surface area contributed by atoms with E-state index in [0.717, 1.165) is 10.9 Å². The molecule has 0 aliphatic rings. The number of aryl methyl sites for hydroxylation is 1. The largest absolute Gasteiger partial charge is 0.426 e. The highest BCUT2D eigenvalue weighted by molar-refractivity contribution is 5.95. The topological polar surface area (TPSA) is 82.8 Å². The summed E-state index contributed by atoms with van der Waals surface area (Å²) in [6.07, 6.45) is 0. The zero-order valence-electron chi connectivity index (χ0n) is 13.6. The van der Waals surface area contributed by atoms with Crippen molar-refractivity contribution in [1.82, 2.24) is 0 Å². The number of carbonyl (C=O) groups is 2. The number of rotatable bonds is 3. The summed E-state index contributed by atoms with van der Waals surface area (Å²) < 4.78 is 15.5. The van der Waals surface area contributed by atoms with Crippen LogP contribution in [-0.2, 0) is 4.79 Å². The Kier molecular flexibility index (Phi) is 4.35. The van der Waals surface area contributed by atoms with Crippen LogP contribution in [0.2, 0.25) is 0 Å². The third kappa shape index (κ3) is 3.58. The summed E-state index contributed by atoms with van der Waals surface area (Å²) in [4.78, 5) is 35.0. The highest BCUT2D eigenvalue weighted by atomic mass is 16.5. The Balaban J connectivity index is 1.92. The van der Waals surface area contributed by atoms with Crippen LogP contribution in [0.3, 0.4) is 0 Å². The van der Waals surface area contributed by atoms with Crippen molar-refractivity contribution in [2.75, 3.05) is 0 Å². The number of hydrogen-bond donors (Lipinski definition) is 0. The van der Waals surface area contributed by atoms with E-state index in [-0.39, 0.29) is 17.1 Å². The van der Waals surface area contributed by atoms with Gasteiger partial charge in [-0.1, -0.05) is 12.1 Å². The van der Waals surface area contributed by atoms with Crippen LogP contribution >= 0.6 is 0 Å². The van der Waals surface area contributed by atoms with Crippen molar-refractivity contribution < 1.29 is 23.5 Å². The molecule has 3 aromatic rings. The van der Waals surface area contributed by atoms with Gasteiger partial charge < -0.3 is 13.9 Å². The molecule has 126 valence electrons. The van der Waals surface area contributed by atoms with Gasteiger partial charge in [0.25, 0.3) is 0 Å². The third-order valence-electron chi connectivity index (χ3n) is 3.49. The fraction of sp³-hybridized carbons (Fsp3) is 0.105. The zero-order valence-corrected chi connectivity index (χ0v) is 13.6. The number of esters is 2. The molecule has 0 spiro atoms. The summed E-state index contributed by atoms with van der Waals surface area (Å²) in [6.45, 7) is 3.04. The fourth-order valence-corrected chi connectivity index (χ4v) is 2.41. The van der Waals surface area contributed by atoms with E-state index in [1.54, 1.807) is 31.2 Å². The van der Waals surface area contributed by atoms with Gasteiger partial charge in [0.1, 0.15) is 22.6 Å². The number of carbonyl (C=O) groups excluding carboxylic acids is 2. The molecule has 6 nitrogen and oxygen atoms in total. The summed E-state index contributed by atoms with van der Waals surface area (Å²) in [7, 11) is 0. The van der Waals surface area contributed by atoms with Gasteiger partial charge in [0, 0.05) is 24.4 Å². The normalized spacial score (nSPS) is 10.5. The van der Waals surface area contributed by atoms with Gasteiger partial charge in [-0.2, -0.15) is 0 Å². The molecule has 0 aliphatic carbocycles. The van der Waals surface area contributed by atoms with Crippen molar-refractivity contribution in [1.29, 1.82) is 0 Å². The Morgan fingerprint density at radius 2 is 1.76 bits per heavy atom. The predicted molar refractivity (Wildman–Crippen MR) is 89.9 cm³/mol. The molecule has 0 atom stereocenters. The lowest BCUT2D eigenvalue weighted by Crippen LogP contribution is -2.12. The summed E-state index contributed by atoms with van der Waals surface area (Å²) >= 11 is 0. The number of ether oxygens (including phenoxy) is 2. The van der Waals surface area contributed by atoms with Gasteiger partial charge in [0.15, 0.2) is 0 Å². The molecule has 0 radical (unpaired) electrons. The van der Waals surface area contributed by atoms with Gasteiger partial charge in [0.2, 0.25) is 0 Å². The molecule has 0 unspecified atom stereocenters. The molecular weight excluding hydrogens is 324 g/mol. The first-order chi connectivity index (χ1) is 11.9. The molecule has 25 heavy (non-hydrogen) atoms. The van der Waals surface area contributed by atoms with Crippen molar-refractivity contribution in [2.45, 2.75) is 13.8 Å². The molecule has 0 aliphatic heterocycles. The maximum absolute atomic E-state index is 12.4. The van der Waals surface area contributed by atoms with Crippen molar-refractivity contribution in [3.05, 3.63) is 70.1 Å². The molecule has 0 N–H and O–H groups in total. The second kappa shape index (κ2) is 6.60. The van der Waals surface area contributed by atoms with Gasteiger partial charge in [-0.15, -0.1) is 0 Å². The lowest BCUT2D eigenvalue weighted by molar-refractivity contribution is -0.131. The highest BCUT2D eigenvalue weighted by Crippen LogP contribution is 2.25. The summed E-state index contributed by atoms with van der Waals surface area (Å²) in [6, 6.07) is 12.4. The maximum Gasteiger partial charge on any atom is 0.347 e. The van der Waals surface area contributed by atoms with Gasteiger partial charge in [0.05, 0.1) is 0 Å². The minimum absolute atomic E-state index is 0.114. The van der Waals surface area contributed by atoms with Crippen LogP contribution in [0.25, 0.3) is 11.0 Å². The monoisotopic (exact) mass is 338 g/mol. The summed E-state index contributed by atoms with van der Waals surface area (Å²) in [5.41, 5.74) is 0.727. The number of para-hydroxylation sites is 1. The van der Waals surface area contributed by atoms with E-state index >= 15 is 0 Å². The Labute approximate surface area is 142 Å². The number of benzene rings is 2. The Bertz CT molecular complexity index is 1030. The summed E-state index contributed by atoms with van der Waals surface area (Å²) in [5.74, 6) is -0.901. The van der Waals surface area contributed by atoms with E-state index in [2.05, 4.69) is 0 Å². The van der Waals surface area contributed by atoms with Crippen LogP contribution < -0.4 is 15.1 Å². The SMILES string of the molecule is CC(=O)Oc1ccccc1C(=O)Oc1ccc2c(C)cc(=O)oc2c1. The minimum atomic E-state index is -0.689. The van der Waals surface area contributed by atoms with E-state index in [0.29, 0.717) is 5.58 Å². The van der Waals surface area contributed by atoms with E-state index in [4.69, 9.17) is 13.9 Å². The first-order valence-corrected chi connectivity index (χ1v) is 7.48. The van der Waals surface area contributed by atoms with Gasteiger partial charge in [-0.25, -0.2) is 9.59 Å². The van der Waals surface area contributed by atoms with Crippen LogP contribution in [0.1, 0.15) is 22.8 Å². The van der Waals surface area contributed by atoms with Crippen LogP contribution in [0.15, 0.2) is 57.7 Å². The average Bonchev–Trinajstić information content (AvgIpc) is 2.54. The van der Waals surface area contributed by atoms with Crippen molar-refractivity contribution in [3.8, 4) is 11.5 Å². The lowest BCUT2D eigenvalue weighted by Gasteiger charge is -2.09. The predicted octanol–water partition coefficient (Wildman–Crippen LogP) is 3.25. The molecule has 1 heterocycles. The summed E-state index contributed by atoms with van der Waals surface area (Å²) in [5, 5.41) is 0.750. The molecule has 0 amide bonds. The van der Waals surface area contributed by atoms with Crippen LogP contribution in [0, 0.1) is 6.92 Å². The number of fused-ring (bicyclic) bond motifs is 1. The van der Waals surface area contributed by atoms with E-state index in [9.17, 15) is 14.4 Å². The average molecular weight is 338 g/mol. The maximum atomic E-state index is 12.4. The standard InChI is InChI=1S/C19H14O6/c1-11-9-18(21)25-17-10-13(7-8-14(11)17)24-19(22)15-5-3-4-6-16(15)23-12(2)20/h3-10H,1-2H3.